The molecule has 5 rings (SSSR count). The van der Waals surface area contributed by atoms with E-state index in [1.807, 2.05) is 37.3 Å². The van der Waals surface area contributed by atoms with Gasteiger partial charge in [-0.2, -0.15) is 4.39 Å². The third-order valence-electron chi connectivity index (χ3n) is 6.08. The van der Waals surface area contributed by atoms with Gasteiger partial charge in [-0.1, -0.05) is 48.0 Å². The summed E-state index contributed by atoms with van der Waals surface area (Å²) < 4.78 is 15.5. The number of halogens is 2. The minimum Gasteiger partial charge on any atom is -0.298 e. The van der Waals surface area contributed by atoms with Crippen LogP contribution in [0.5, 0.6) is 0 Å². The molecule has 3 aromatic heterocycles. The Labute approximate surface area is 209 Å². The lowest BCUT2D eigenvalue weighted by molar-refractivity contribution is 0.111. The molecule has 0 atom stereocenters. The van der Waals surface area contributed by atoms with E-state index in [4.69, 9.17) is 11.6 Å². The van der Waals surface area contributed by atoms with Gasteiger partial charge in [0.1, 0.15) is 5.65 Å². The summed E-state index contributed by atoms with van der Waals surface area (Å²) in [5, 5.41) is 0.400. The van der Waals surface area contributed by atoms with E-state index in [0.29, 0.717) is 34.5 Å². The Kier molecular flexibility index (Phi) is 6.00. The van der Waals surface area contributed by atoms with E-state index in [9.17, 15) is 18.8 Å². The molecule has 0 aliphatic heterocycles. The zero-order valence-corrected chi connectivity index (χ0v) is 19.7. The summed E-state index contributed by atoms with van der Waals surface area (Å²) in [5.74, 6) is -0.855. The number of aldehydes is 2. The molecule has 8 heteroatoms. The number of carbonyl (C=O) groups excluding carboxylic acids is 2. The summed E-state index contributed by atoms with van der Waals surface area (Å²) in [4.78, 5) is 42.5. The normalized spacial score (nSPS) is 11.0. The van der Waals surface area contributed by atoms with Crippen LogP contribution in [-0.2, 0) is 0 Å². The number of benzene rings is 2. The Hall–Kier alpha value is -4.49. The van der Waals surface area contributed by atoms with Crippen molar-refractivity contribution in [3.63, 3.8) is 0 Å². The molecule has 0 amide bonds. The van der Waals surface area contributed by atoms with Crippen LogP contribution in [0.2, 0.25) is 5.02 Å². The summed E-state index contributed by atoms with van der Waals surface area (Å²) in [6.07, 6.45) is 3.76. The molecule has 36 heavy (non-hydrogen) atoms. The maximum absolute atomic E-state index is 14.1. The third-order valence-corrected chi connectivity index (χ3v) is 6.48. The average molecular weight is 498 g/mol. The maximum atomic E-state index is 14.1. The van der Waals surface area contributed by atoms with Crippen molar-refractivity contribution >= 4 is 29.8 Å². The molecule has 0 aliphatic carbocycles. The van der Waals surface area contributed by atoms with E-state index >= 15 is 0 Å². The highest BCUT2D eigenvalue weighted by Gasteiger charge is 2.16. The van der Waals surface area contributed by atoms with Crippen molar-refractivity contribution in [3.8, 4) is 33.5 Å². The molecule has 6 nitrogen and oxygen atoms in total. The lowest BCUT2D eigenvalue weighted by Crippen LogP contribution is -2.18. The highest BCUT2D eigenvalue weighted by atomic mass is 35.5. The highest BCUT2D eigenvalue weighted by molar-refractivity contribution is 6.36. The number of fused-ring (bicyclic) bond motifs is 1. The van der Waals surface area contributed by atoms with Crippen molar-refractivity contribution in [2.75, 3.05) is 0 Å². The van der Waals surface area contributed by atoms with Crippen LogP contribution < -0.4 is 5.56 Å². The number of carbonyl (C=O) groups is 2. The van der Waals surface area contributed by atoms with E-state index in [1.54, 1.807) is 30.5 Å². The minimum atomic E-state index is -0.855. The van der Waals surface area contributed by atoms with Crippen LogP contribution in [0.1, 0.15) is 26.3 Å². The second-order valence-electron chi connectivity index (χ2n) is 8.12. The molecule has 0 spiro atoms. The minimum absolute atomic E-state index is 0.0110. The van der Waals surface area contributed by atoms with Gasteiger partial charge in [0.05, 0.1) is 21.8 Å². The summed E-state index contributed by atoms with van der Waals surface area (Å²) in [6.45, 7) is 1.96. The first-order chi connectivity index (χ1) is 17.4. The maximum Gasteiger partial charge on any atom is 0.268 e. The number of hydrogen-bond acceptors (Lipinski definition) is 5. The van der Waals surface area contributed by atoms with E-state index in [1.165, 1.54) is 16.7 Å². The fraction of sp³-hybridized carbons (Fsp3) is 0.0357. The molecule has 0 saturated heterocycles. The van der Waals surface area contributed by atoms with Gasteiger partial charge in [-0.15, -0.1) is 0 Å². The Balaban J connectivity index is 1.62. The molecule has 0 unspecified atom stereocenters. The summed E-state index contributed by atoms with van der Waals surface area (Å²) in [6, 6.07) is 17.7. The van der Waals surface area contributed by atoms with Gasteiger partial charge < -0.3 is 0 Å². The molecule has 3 heterocycles. The summed E-state index contributed by atoms with van der Waals surface area (Å²) in [7, 11) is 0. The highest BCUT2D eigenvalue weighted by Crippen LogP contribution is 2.39. The predicted octanol–water partition coefficient (Wildman–Crippen LogP) is 5.82. The van der Waals surface area contributed by atoms with Crippen LogP contribution in [0.25, 0.3) is 39.2 Å². The van der Waals surface area contributed by atoms with Crippen molar-refractivity contribution in [1.29, 1.82) is 0 Å². The molecule has 0 aliphatic rings. The van der Waals surface area contributed by atoms with Gasteiger partial charge in [-0.25, -0.2) is 9.97 Å². The largest absolute Gasteiger partial charge is 0.298 e. The van der Waals surface area contributed by atoms with E-state index in [2.05, 4.69) is 9.97 Å². The van der Waals surface area contributed by atoms with Gasteiger partial charge in [-0.3, -0.25) is 18.8 Å². The third kappa shape index (κ3) is 3.89. The van der Waals surface area contributed by atoms with Crippen LogP contribution in [-0.4, -0.2) is 26.9 Å². The van der Waals surface area contributed by atoms with Crippen LogP contribution in [0.4, 0.5) is 4.39 Å². The number of nitrogens with zero attached hydrogens (tertiary/aromatic N) is 3. The van der Waals surface area contributed by atoms with Crippen LogP contribution in [0.3, 0.4) is 0 Å². The zero-order valence-electron chi connectivity index (χ0n) is 18.9. The Morgan fingerprint density at radius 2 is 1.58 bits per heavy atom. The first kappa shape index (κ1) is 23.3. The van der Waals surface area contributed by atoms with E-state index in [-0.39, 0.29) is 11.1 Å². The standard InChI is InChI=1S/C28H17ClFN3O3/c1-16-20(17-10-11-33-25(12-17)31-13-19(15-35)28(33)36)4-2-5-21(16)22-6-3-7-23(26(22)29)24-9-8-18(14-34)27(30)32-24/h2-15H,1H3. The molecular weight excluding hydrogens is 481 g/mol. The predicted molar refractivity (Wildman–Crippen MR) is 136 cm³/mol. The Bertz CT molecular complexity index is 1750. The molecule has 176 valence electrons. The zero-order chi connectivity index (χ0) is 25.4. The Morgan fingerprint density at radius 3 is 2.31 bits per heavy atom. The van der Waals surface area contributed by atoms with Gasteiger partial charge in [0, 0.05) is 23.5 Å². The van der Waals surface area contributed by atoms with Gasteiger partial charge in [-0.05, 0) is 53.4 Å². The lowest BCUT2D eigenvalue weighted by atomic mass is 9.92. The average Bonchev–Trinajstić information content (AvgIpc) is 2.89. The van der Waals surface area contributed by atoms with Crippen molar-refractivity contribution in [1.82, 2.24) is 14.4 Å². The second kappa shape index (κ2) is 9.28. The van der Waals surface area contributed by atoms with Crippen molar-refractivity contribution < 1.29 is 14.0 Å². The lowest BCUT2D eigenvalue weighted by Gasteiger charge is -2.15. The van der Waals surface area contributed by atoms with Crippen LogP contribution in [0, 0.1) is 12.9 Å². The number of aromatic nitrogens is 3. The van der Waals surface area contributed by atoms with Gasteiger partial charge in [0.2, 0.25) is 5.95 Å². The van der Waals surface area contributed by atoms with Gasteiger partial charge in [0.25, 0.3) is 5.56 Å². The molecule has 0 fully saturated rings. The Morgan fingerprint density at radius 1 is 0.889 bits per heavy atom. The van der Waals surface area contributed by atoms with Crippen LogP contribution >= 0.6 is 11.6 Å². The number of pyridine rings is 2. The topological polar surface area (TPSA) is 81.4 Å². The molecule has 0 radical (unpaired) electrons. The summed E-state index contributed by atoms with van der Waals surface area (Å²) in [5.41, 5.74) is 4.99. The quantitative estimate of drug-likeness (QED) is 0.226. The summed E-state index contributed by atoms with van der Waals surface area (Å²) >= 11 is 6.79. The molecule has 5 aromatic rings. The van der Waals surface area contributed by atoms with Crippen LogP contribution in [0.15, 0.2) is 77.9 Å². The molecule has 0 saturated carbocycles. The van der Waals surface area contributed by atoms with Gasteiger partial charge >= 0.3 is 0 Å². The van der Waals surface area contributed by atoms with E-state index < -0.39 is 11.5 Å². The fourth-order valence-corrected chi connectivity index (χ4v) is 4.52. The van der Waals surface area contributed by atoms with Crippen molar-refractivity contribution in [2.24, 2.45) is 0 Å². The molecule has 0 bridgehead atoms. The molecule has 0 N–H and O–H groups in total. The van der Waals surface area contributed by atoms with Gasteiger partial charge in [0.15, 0.2) is 12.6 Å². The number of rotatable bonds is 5. The molecular formula is C28H17ClFN3O3. The first-order valence-electron chi connectivity index (χ1n) is 10.9. The monoisotopic (exact) mass is 497 g/mol. The molecule has 2 aromatic carbocycles. The second-order valence-corrected chi connectivity index (χ2v) is 8.50. The fourth-order valence-electron chi connectivity index (χ4n) is 4.20. The van der Waals surface area contributed by atoms with Crippen molar-refractivity contribution in [3.05, 3.63) is 111 Å². The smallest absolute Gasteiger partial charge is 0.268 e. The number of hydrogen-bond donors (Lipinski definition) is 0. The van der Waals surface area contributed by atoms with Crippen molar-refractivity contribution in [2.45, 2.75) is 6.92 Å². The van der Waals surface area contributed by atoms with E-state index in [0.717, 1.165) is 27.8 Å². The first-order valence-corrected chi connectivity index (χ1v) is 11.3. The SMILES string of the molecule is Cc1c(-c2ccn3c(=O)c(C=O)cnc3c2)cccc1-c1cccc(-c2ccc(C=O)c(F)n2)c1Cl.